The van der Waals surface area contributed by atoms with Gasteiger partial charge in [-0.3, -0.25) is 4.90 Å². The summed E-state index contributed by atoms with van der Waals surface area (Å²) >= 11 is 0. The molecular weight excluding hydrogens is 390 g/mol. The van der Waals surface area contributed by atoms with Crippen LogP contribution in [0.4, 0.5) is 5.82 Å². The fraction of sp³-hybridized carbons (Fsp3) is 0.621. The van der Waals surface area contributed by atoms with E-state index in [1.807, 2.05) is 0 Å². The Balaban J connectivity index is 1.32. The van der Waals surface area contributed by atoms with Crippen molar-refractivity contribution in [2.75, 3.05) is 37.6 Å². The summed E-state index contributed by atoms with van der Waals surface area (Å²) in [5, 5.41) is 0. The molecular formula is C29H41N3. The minimum Gasteiger partial charge on any atom is -0.354 e. The number of pyridine rings is 1. The van der Waals surface area contributed by atoms with Gasteiger partial charge in [0.2, 0.25) is 0 Å². The van der Waals surface area contributed by atoms with Gasteiger partial charge in [0.25, 0.3) is 0 Å². The number of anilines is 1. The molecule has 2 aliphatic carbocycles. The van der Waals surface area contributed by atoms with Crippen molar-refractivity contribution in [1.82, 2.24) is 9.88 Å². The molecule has 5 rings (SSSR count). The maximum absolute atomic E-state index is 5.13. The molecule has 1 aliphatic heterocycles. The molecule has 3 heteroatoms. The Hall–Kier alpha value is -1.87. The molecule has 1 aromatic carbocycles. The molecule has 0 radical (unpaired) electrons. The third-order valence-corrected chi connectivity index (χ3v) is 8.67. The standard InChI is InChI=1S/C29H41N3/c1-6-21-18-23(21)20-31-14-16-32(17-15-31)27-9-7-8-26(30-27)22-10-11-24-25(19-22)29(4,5)13-12-28(24,2)3/h7-11,19,21,23H,6,12-18,20H2,1-5H3. The van der Waals surface area contributed by atoms with E-state index in [2.05, 4.69) is 80.8 Å². The van der Waals surface area contributed by atoms with E-state index in [1.165, 1.54) is 62.0 Å². The van der Waals surface area contributed by atoms with Crippen LogP contribution in [-0.4, -0.2) is 42.6 Å². The lowest BCUT2D eigenvalue weighted by Crippen LogP contribution is -2.47. The SMILES string of the molecule is CCC1CC1CN1CCN(c2cccc(-c3ccc4c(c3)C(C)(C)CCC4(C)C)n2)CC1. The third-order valence-electron chi connectivity index (χ3n) is 8.67. The van der Waals surface area contributed by atoms with Crippen LogP contribution in [0.15, 0.2) is 36.4 Å². The molecule has 2 heterocycles. The maximum atomic E-state index is 5.13. The molecule has 1 aromatic heterocycles. The predicted molar refractivity (Wildman–Crippen MR) is 135 cm³/mol. The molecule has 1 saturated carbocycles. The van der Waals surface area contributed by atoms with Gasteiger partial charge in [-0.15, -0.1) is 0 Å². The summed E-state index contributed by atoms with van der Waals surface area (Å²) in [5.41, 5.74) is 5.89. The van der Waals surface area contributed by atoms with Crippen molar-refractivity contribution >= 4 is 5.82 Å². The summed E-state index contributed by atoms with van der Waals surface area (Å²) in [6, 6.07) is 13.7. The van der Waals surface area contributed by atoms with Gasteiger partial charge >= 0.3 is 0 Å². The van der Waals surface area contributed by atoms with Gasteiger partial charge in [0.1, 0.15) is 5.82 Å². The number of hydrogen-bond donors (Lipinski definition) is 0. The summed E-state index contributed by atoms with van der Waals surface area (Å²) in [6.45, 7) is 17.7. The summed E-state index contributed by atoms with van der Waals surface area (Å²) in [5.74, 6) is 3.10. The Bertz CT molecular complexity index is 968. The van der Waals surface area contributed by atoms with Crippen LogP contribution in [0.2, 0.25) is 0 Å². The smallest absolute Gasteiger partial charge is 0.129 e. The number of piperazine rings is 1. The van der Waals surface area contributed by atoms with Gasteiger partial charge in [0.15, 0.2) is 0 Å². The van der Waals surface area contributed by atoms with Gasteiger partial charge in [0.05, 0.1) is 5.69 Å². The van der Waals surface area contributed by atoms with Crippen LogP contribution in [0.3, 0.4) is 0 Å². The predicted octanol–water partition coefficient (Wildman–Crippen LogP) is 6.27. The number of benzene rings is 1. The molecule has 0 spiro atoms. The van der Waals surface area contributed by atoms with Crippen molar-refractivity contribution in [2.24, 2.45) is 11.8 Å². The van der Waals surface area contributed by atoms with Gasteiger partial charge in [0, 0.05) is 38.3 Å². The van der Waals surface area contributed by atoms with E-state index in [-0.39, 0.29) is 10.8 Å². The second-order valence-electron chi connectivity index (χ2n) is 11.9. The lowest BCUT2D eigenvalue weighted by molar-refractivity contribution is 0.243. The minimum atomic E-state index is 0.229. The lowest BCUT2D eigenvalue weighted by atomic mass is 9.63. The van der Waals surface area contributed by atoms with Crippen LogP contribution in [-0.2, 0) is 10.8 Å². The van der Waals surface area contributed by atoms with E-state index in [9.17, 15) is 0 Å². The van der Waals surface area contributed by atoms with Gasteiger partial charge in [-0.05, 0) is 71.3 Å². The number of nitrogens with zero attached hydrogens (tertiary/aromatic N) is 3. The van der Waals surface area contributed by atoms with Crippen molar-refractivity contribution in [1.29, 1.82) is 0 Å². The van der Waals surface area contributed by atoms with Crippen LogP contribution in [0.1, 0.15) is 71.4 Å². The first kappa shape index (κ1) is 21.9. The molecule has 2 atom stereocenters. The average Bonchev–Trinajstić information content (AvgIpc) is 3.55. The normalized spacial score (nSPS) is 26.6. The van der Waals surface area contributed by atoms with E-state index >= 15 is 0 Å². The number of fused-ring (bicyclic) bond motifs is 1. The van der Waals surface area contributed by atoms with E-state index in [4.69, 9.17) is 4.98 Å². The zero-order chi connectivity index (χ0) is 22.5. The van der Waals surface area contributed by atoms with Gasteiger partial charge in [-0.25, -0.2) is 4.98 Å². The van der Waals surface area contributed by atoms with Crippen LogP contribution in [0, 0.1) is 11.8 Å². The summed E-state index contributed by atoms with van der Waals surface area (Å²) in [6.07, 6.45) is 5.31. The third kappa shape index (κ3) is 4.21. The van der Waals surface area contributed by atoms with Crippen molar-refractivity contribution in [3.05, 3.63) is 47.5 Å². The topological polar surface area (TPSA) is 19.4 Å². The molecule has 2 unspecified atom stereocenters. The summed E-state index contributed by atoms with van der Waals surface area (Å²) in [7, 11) is 0. The summed E-state index contributed by atoms with van der Waals surface area (Å²) in [4.78, 5) is 10.3. The zero-order valence-electron chi connectivity index (χ0n) is 20.8. The molecule has 172 valence electrons. The lowest BCUT2D eigenvalue weighted by Gasteiger charge is -2.42. The summed E-state index contributed by atoms with van der Waals surface area (Å²) < 4.78 is 0. The number of rotatable bonds is 5. The highest BCUT2D eigenvalue weighted by Crippen LogP contribution is 2.46. The molecule has 1 saturated heterocycles. The highest BCUT2D eigenvalue weighted by molar-refractivity contribution is 5.65. The van der Waals surface area contributed by atoms with E-state index in [1.54, 1.807) is 0 Å². The average molecular weight is 432 g/mol. The molecule has 3 aliphatic rings. The van der Waals surface area contributed by atoms with Gasteiger partial charge in [-0.2, -0.15) is 0 Å². The Morgan fingerprint density at radius 3 is 2.28 bits per heavy atom. The fourth-order valence-corrected chi connectivity index (χ4v) is 6.03. The van der Waals surface area contributed by atoms with Crippen molar-refractivity contribution in [3.8, 4) is 11.3 Å². The maximum Gasteiger partial charge on any atom is 0.129 e. The van der Waals surface area contributed by atoms with Crippen LogP contribution < -0.4 is 4.90 Å². The number of hydrogen-bond acceptors (Lipinski definition) is 3. The second-order valence-corrected chi connectivity index (χ2v) is 11.9. The van der Waals surface area contributed by atoms with Crippen molar-refractivity contribution in [3.63, 3.8) is 0 Å². The fourth-order valence-electron chi connectivity index (χ4n) is 6.03. The molecule has 0 amide bonds. The van der Waals surface area contributed by atoms with Gasteiger partial charge < -0.3 is 4.90 Å². The molecule has 3 nitrogen and oxygen atoms in total. The Morgan fingerprint density at radius 2 is 1.59 bits per heavy atom. The van der Waals surface area contributed by atoms with Crippen molar-refractivity contribution in [2.45, 2.75) is 71.1 Å². The Kier molecular flexibility index (Phi) is 5.60. The Morgan fingerprint density at radius 1 is 0.875 bits per heavy atom. The van der Waals surface area contributed by atoms with Crippen LogP contribution in [0.25, 0.3) is 11.3 Å². The molecule has 32 heavy (non-hydrogen) atoms. The van der Waals surface area contributed by atoms with Crippen LogP contribution >= 0.6 is 0 Å². The van der Waals surface area contributed by atoms with E-state index < -0.39 is 0 Å². The highest BCUT2D eigenvalue weighted by Gasteiger charge is 2.38. The van der Waals surface area contributed by atoms with Crippen LogP contribution in [0.5, 0.6) is 0 Å². The first-order valence-corrected chi connectivity index (χ1v) is 12.9. The van der Waals surface area contributed by atoms with E-state index in [0.29, 0.717) is 0 Å². The monoisotopic (exact) mass is 431 g/mol. The quantitative estimate of drug-likeness (QED) is 0.556. The molecule has 2 aromatic rings. The van der Waals surface area contributed by atoms with E-state index in [0.717, 1.165) is 36.4 Å². The zero-order valence-corrected chi connectivity index (χ0v) is 20.8. The number of aromatic nitrogens is 1. The Labute approximate surface area is 195 Å². The second kappa shape index (κ2) is 8.17. The first-order chi connectivity index (χ1) is 15.3. The molecule has 2 fully saturated rings. The minimum absolute atomic E-state index is 0.229. The van der Waals surface area contributed by atoms with Crippen molar-refractivity contribution < 1.29 is 0 Å². The first-order valence-electron chi connectivity index (χ1n) is 12.9. The largest absolute Gasteiger partial charge is 0.354 e. The van der Waals surface area contributed by atoms with Gasteiger partial charge in [-0.1, -0.05) is 59.2 Å². The molecule has 0 bridgehead atoms. The highest BCUT2D eigenvalue weighted by atomic mass is 15.3. The molecule has 0 N–H and O–H groups in total.